The fraction of sp³-hybridized carbons (Fsp3) is 0.200. The molecule has 1 aromatic rings. The Morgan fingerprint density at radius 3 is 2.47 bits per heavy atom. The Morgan fingerprint density at radius 2 is 2.00 bits per heavy atom. The third-order valence-corrected chi connectivity index (χ3v) is 2.09. The molecule has 7 nitrogen and oxygen atoms in total. The minimum atomic E-state index is -0.610. The molecule has 0 saturated carbocycles. The molecule has 0 heterocycles. The van der Waals surface area contributed by atoms with Gasteiger partial charge in [0.15, 0.2) is 0 Å². The molecular formula is C10H10N2O5. The molecule has 0 aromatic heterocycles. The Morgan fingerprint density at radius 1 is 1.35 bits per heavy atom. The summed E-state index contributed by atoms with van der Waals surface area (Å²) in [6, 6.07) is 4.13. The molecule has 0 aliphatic heterocycles. The lowest BCUT2D eigenvalue weighted by atomic mass is 10.1. The lowest BCUT2D eigenvalue weighted by Crippen LogP contribution is -1.96. The van der Waals surface area contributed by atoms with Crippen LogP contribution in [0.2, 0.25) is 0 Å². The van der Waals surface area contributed by atoms with Gasteiger partial charge in [0.05, 0.1) is 28.6 Å². The molecule has 0 saturated heterocycles. The van der Waals surface area contributed by atoms with Crippen molar-refractivity contribution in [1.29, 1.82) is 0 Å². The normalized spacial score (nSPS) is 11.1. The largest absolute Gasteiger partial charge is 0.497 e. The highest BCUT2D eigenvalue weighted by molar-refractivity contribution is 5.63. The Labute approximate surface area is 96.6 Å². The Kier molecular flexibility index (Phi) is 3.76. The molecule has 0 N–H and O–H groups in total. The number of nitro benzene ring substituents is 1. The first kappa shape index (κ1) is 12.6. The average molecular weight is 238 g/mol. The van der Waals surface area contributed by atoms with Crippen molar-refractivity contribution >= 4 is 11.8 Å². The molecule has 0 radical (unpaired) electrons. The van der Waals surface area contributed by atoms with E-state index in [0.29, 0.717) is 5.75 Å². The Bertz CT molecular complexity index is 495. The number of methoxy groups -OCH3 is 1. The predicted octanol–water partition coefficient (Wildman–Crippen LogP) is 2.24. The number of hydrogen-bond acceptors (Lipinski definition) is 5. The van der Waals surface area contributed by atoms with Crippen molar-refractivity contribution in [1.82, 2.24) is 0 Å². The van der Waals surface area contributed by atoms with Crippen LogP contribution in [0.4, 0.5) is 5.69 Å². The smallest absolute Gasteiger partial charge is 0.280 e. The van der Waals surface area contributed by atoms with Gasteiger partial charge in [-0.3, -0.25) is 20.2 Å². The molecule has 0 unspecified atom stereocenters. The van der Waals surface area contributed by atoms with E-state index in [1.807, 2.05) is 0 Å². The van der Waals surface area contributed by atoms with E-state index in [-0.39, 0.29) is 16.9 Å². The molecule has 0 aliphatic carbocycles. The number of nitrogens with zero attached hydrogens (tertiary/aromatic N) is 2. The summed E-state index contributed by atoms with van der Waals surface area (Å²) < 4.78 is 4.85. The van der Waals surface area contributed by atoms with Gasteiger partial charge < -0.3 is 4.74 Å². The van der Waals surface area contributed by atoms with Crippen LogP contribution in [0.5, 0.6) is 5.75 Å². The van der Waals surface area contributed by atoms with Crippen LogP contribution in [0.15, 0.2) is 23.9 Å². The number of allylic oxidation sites excluding steroid dienone is 1. The van der Waals surface area contributed by atoms with Crippen molar-refractivity contribution in [3.05, 3.63) is 49.7 Å². The minimum Gasteiger partial charge on any atom is -0.497 e. The van der Waals surface area contributed by atoms with Crippen molar-refractivity contribution in [2.45, 2.75) is 6.92 Å². The maximum Gasteiger partial charge on any atom is 0.280 e. The van der Waals surface area contributed by atoms with Gasteiger partial charge >= 0.3 is 0 Å². The van der Waals surface area contributed by atoms with Gasteiger partial charge in [-0.05, 0) is 12.1 Å². The number of hydrogen-bond donors (Lipinski definition) is 0. The summed E-state index contributed by atoms with van der Waals surface area (Å²) in [5.41, 5.74) is -0.228. The van der Waals surface area contributed by atoms with Gasteiger partial charge in [-0.1, -0.05) is 0 Å². The summed E-state index contributed by atoms with van der Waals surface area (Å²) in [5.74, 6) is 0.326. The SMILES string of the molecule is COc1ccc(/C=C(\C)[N+](=O)[O-])c([N+](=O)[O-])c1. The zero-order chi connectivity index (χ0) is 13.0. The number of nitro groups is 2. The first-order valence-corrected chi connectivity index (χ1v) is 4.61. The average Bonchev–Trinajstić information content (AvgIpc) is 2.29. The van der Waals surface area contributed by atoms with Crippen molar-refractivity contribution in [3.63, 3.8) is 0 Å². The van der Waals surface area contributed by atoms with E-state index in [1.54, 1.807) is 0 Å². The number of ether oxygens (including phenoxy) is 1. The zero-order valence-corrected chi connectivity index (χ0v) is 9.25. The van der Waals surface area contributed by atoms with Gasteiger partial charge in [0, 0.05) is 13.0 Å². The van der Waals surface area contributed by atoms with Gasteiger partial charge in [-0.2, -0.15) is 0 Å². The molecule has 0 bridgehead atoms. The third-order valence-electron chi connectivity index (χ3n) is 2.09. The highest BCUT2D eigenvalue weighted by atomic mass is 16.6. The lowest BCUT2D eigenvalue weighted by molar-refractivity contribution is -0.422. The van der Waals surface area contributed by atoms with Crippen LogP contribution in [-0.2, 0) is 0 Å². The summed E-state index contributed by atoms with van der Waals surface area (Å²) in [6.45, 7) is 1.27. The van der Waals surface area contributed by atoms with Crippen LogP contribution in [0.25, 0.3) is 6.08 Å². The van der Waals surface area contributed by atoms with Crippen molar-refractivity contribution < 1.29 is 14.6 Å². The summed E-state index contributed by atoms with van der Waals surface area (Å²) in [6.07, 6.45) is 1.15. The van der Waals surface area contributed by atoms with E-state index in [0.717, 1.165) is 6.08 Å². The fourth-order valence-electron chi connectivity index (χ4n) is 1.21. The molecule has 0 spiro atoms. The maximum absolute atomic E-state index is 10.8. The number of rotatable bonds is 4. The second-order valence-electron chi connectivity index (χ2n) is 3.22. The van der Waals surface area contributed by atoms with Gasteiger partial charge in [0.1, 0.15) is 5.75 Å². The second-order valence-corrected chi connectivity index (χ2v) is 3.22. The van der Waals surface area contributed by atoms with Gasteiger partial charge in [-0.15, -0.1) is 0 Å². The standard InChI is InChI=1S/C10H10N2O5/c1-7(11(13)14)5-8-3-4-9(17-2)6-10(8)12(15)16/h3-6H,1-2H3/b7-5+. The van der Waals surface area contributed by atoms with E-state index in [1.165, 1.54) is 32.2 Å². The quantitative estimate of drug-likeness (QED) is 0.592. The Hall–Kier alpha value is -2.44. The first-order chi connectivity index (χ1) is 7.95. The molecule has 17 heavy (non-hydrogen) atoms. The van der Waals surface area contributed by atoms with Gasteiger partial charge in [0.2, 0.25) is 5.70 Å². The second kappa shape index (κ2) is 5.06. The van der Waals surface area contributed by atoms with Crippen LogP contribution in [0.1, 0.15) is 12.5 Å². The molecule has 1 aromatic carbocycles. The predicted molar refractivity (Wildman–Crippen MR) is 60.3 cm³/mol. The molecule has 0 aliphatic rings. The summed E-state index contributed by atoms with van der Waals surface area (Å²) >= 11 is 0. The van der Waals surface area contributed by atoms with Gasteiger partial charge in [0.25, 0.3) is 5.69 Å². The molecule has 7 heteroatoms. The highest BCUT2D eigenvalue weighted by Crippen LogP contribution is 2.26. The van der Waals surface area contributed by atoms with Crippen LogP contribution in [0.3, 0.4) is 0 Å². The van der Waals surface area contributed by atoms with Crippen LogP contribution in [0, 0.1) is 20.2 Å². The molecule has 90 valence electrons. The fourth-order valence-corrected chi connectivity index (χ4v) is 1.21. The lowest BCUT2D eigenvalue weighted by Gasteiger charge is -2.01. The van der Waals surface area contributed by atoms with Crippen LogP contribution in [-0.4, -0.2) is 17.0 Å². The molecule has 0 fully saturated rings. The van der Waals surface area contributed by atoms with E-state index in [2.05, 4.69) is 0 Å². The third kappa shape index (κ3) is 3.00. The molecule has 1 rings (SSSR count). The van der Waals surface area contributed by atoms with Crippen LogP contribution < -0.4 is 4.74 Å². The number of benzene rings is 1. The van der Waals surface area contributed by atoms with Crippen molar-refractivity contribution in [2.24, 2.45) is 0 Å². The summed E-state index contributed by atoms with van der Waals surface area (Å²) in [4.78, 5) is 20.0. The minimum absolute atomic E-state index is 0.168. The molecule has 0 atom stereocenters. The van der Waals surface area contributed by atoms with E-state index in [4.69, 9.17) is 4.74 Å². The topological polar surface area (TPSA) is 95.5 Å². The zero-order valence-electron chi connectivity index (χ0n) is 9.25. The summed E-state index contributed by atoms with van der Waals surface area (Å²) in [5, 5.41) is 21.2. The monoisotopic (exact) mass is 238 g/mol. The molecule has 0 amide bonds. The van der Waals surface area contributed by atoms with Crippen molar-refractivity contribution in [3.8, 4) is 5.75 Å². The van der Waals surface area contributed by atoms with Gasteiger partial charge in [-0.25, -0.2) is 0 Å². The van der Waals surface area contributed by atoms with Crippen molar-refractivity contribution in [2.75, 3.05) is 7.11 Å². The van der Waals surface area contributed by atoms with E-state index < -0.39 is 9.85 Å². The highest BCUT2D eigenvalue weighted by Gasteiger charge is 2.15. The first-order valence-electron chi connectivity index (χ1n) is 4.61. The molecular weight excluding hydrogens is 228 g/mol. The van der Waals surface area contributed by atoms with E-state index in [9.17, 15) is 20.2 Å². The summed E-state index contributed by atoms with van der Waals surface area (Å²) in [7, 11) is 1.39. The van der Waals surface area contributed by atoms with E-state index >= 15 is 0 Å². The van der Waals surface area contributed by atoms with Crippen LogP contribution >= 0.6 is 0 Å². The maximum atomic E-state index is 10.8. The Balaban J connectivity index is 3.29.